The van der Waals surface area contributed by atoms with Gasteiger partial charge in [0.25, 0.3) is 5.78 Å². The lowest BCUT2D eigenvalue weighted by Crippen LogP contribution is -2.20. The Hall–Kier alpha value is -1.35. The van der Waals surface area contributed by atoms with Crippen molar-refractivity contribution >= 4 is 23.4 Å². The van der Waals surface area contributed by atoms with Crippen LogP contribution >= 0.6 is 11.6 Å². The Labute approximate surface area is 93.0 Å². The maximum absolute atomic E-state index is 11.4. The Morgan fingerprint density at radius 2 is 1.80 bits per heavy atom. The fourth-order valence-electron chi connectivity index (χ4n) is 1.09. The van der Waals surface area contributed by atoms with Crippen LogP contribution in [-0.4, -0.2) is 18.9 Å². The third kappa shape index (κ3) is 2.80. The molecule has 0 aliphatic carbocycles. The molecule has 0 saturated carbocycles. The molecule has 0 bridgehead atoms. The van der Waals surface area contributed by atoms with Crippen molar-refractivity contribution in [2.75, 3.05) is 7.11 Å². The summed E-state index contributed by atoms with van der Waals surface area (Å²) in [4.78, 5) is 22.3. The minimum atomic E-state index is -0.974. The van der Waals surface area contributed by atoms with Crippen LogP contribution in [0.2, 0.25) is 0 Å². The zero-order valence-corrected chi connectivity index (χ0v) is 9.25. The predicted molar refractivity (Wildman–Crippen MR) is 56.8 cm³/mol. The van der Waals surface area contributed by atoms with Crippen LogP contribution in [0.5, 0.6) is 0 Å². The number of ketones is 1. The smallest absolute Gasteiger partial charge is 0.376 e. The highest BCUT2D eigenvalue weighted by Gasteiger charge is 2.25. The molecule has 0 aliphatic heterocycles. The lowest BCUT2D eigenvalue weighted by Gasteiger charge is -2.07. The van der Waals surface area contributed by atoms with Gasteiger partial charge in [-0.3, -0.25) is 4.79 Å². The number of carbonyl (C=O) groups is 2. The number of benzene rings is 1. The summed E-state index contributed by atoms with van der Waals surface area (Å²) in [6, 6.07) is 7.09. The van der Waals surface area contributed by atoms with Gasteiger partial charge >= 0.3 is 5.97 Å². The van der Waals surface area contributed by atoms with Crippen LogP contribution in [0.25, 0.3) is 0 Å². The third-order valence-corrected chi connectivity index (χ3v) is 2.44. The molecule has 1 atom stereocenters. The van der Waals surface area contributed by atoms with Crippen LogP contribution in [-0.2, 0) is 14.3 Å². The number of halogens is 1. The van der Waals surface area contributed by atoms with Gasteiger partial charge in [-0.05, 0) is 12.5 Å². The number of hydrogen-bond acceptors (Lipinski definition) is 3. The number of hydrogen-bond donors (Lipinski definition) is 0. The zero-order valence-electron chi connectivity index (χ0n) is 8.49. The van der Waals surface area contributed by atoms with E-state index in [1.165, 1.54) is 0 Å². The second-order valence-corrected chi connectivity index (χ2v) is 3.57. The van der Waals surface area contributed by atoms with Gasteiger partial charge in [0.1, 0.15) is 5.38 Å². The van der Waals surface area contributed by atoms with Crippen LogP contribution < -0.4 is 0 Å². The molecule has 0 amide bonds. The van der Waals surface area contributed by atoms with Gasteiger partial charge in [-0.25, -0.2) is 4.79 Å². The lowest BCUT2D eigenvalue weighted by atomic mass is 10.1. The molecule has 0 spiro atoms. The van der Waals surface area contributed by atoms with E-state index in [0.29, 0.717) is 5.56 Å². The van der Waals surface area contributed by atoms with Gasteiger partial charge in [0.2, 0.25) is 0 Å². The normalized spacial score (nSPS) is 11.9. The second-order valence-electron chi connectivity index (χ2n) is 3.13. The molecule has 0 N–H and O–H groups in total. The van der Waals surface area contributed by atoms with Crippen LogP contribution in [0, 0.1) is 6.92 Å². The summed E-state index contributed by atoms with van der Waals surface area (Å²) in [5.41, 5.74) is 1.66. The van der Waals surface area contributed by atoms with E-state index in [9.17, 15) is 9.59 Å². The summed E-state index contributed by atoms with van der Waals surface area (Å²) >= 11 is 5.83. The molecule has 0 aromatic heterocycles. The summed E-state index contributed by atoms with van der Waals surface area (Å²) < 4.78 is 4.31. The standard InChI is InChI=1S/C11H11ClO3/c1-7-3-5-8(6-4-7)9(12)10(13)11(14)15-2/h3-6,9H,1-2H3/t9-/m0/s1. The fourth-order valence-corrected chi connectivity index (χ4v) is 1.33. The molecular weight excluding hydrogens is 216 g/mol. The average molecular weight is 227 g/mol. The van der Waals surface area contributed by atoms with Crippen LogP contribution in [0.4, 0.5) is 0 Å². The third-order valence-electron chi connectivity index (χ3n) is 1.99. The first-order valence-corrected chi connectivity index (χ1v) is 4.82. The molecule has 1 aromatic carbocycles. The lowest BCUT2D eigenvalue weighted by molar-refractivity contribution is -0.151. The highest BCUT2D eigenvalue weighted by Crippen LogP contribution is 2.22. The Bertz CT molecular complexity index is 370. The molecule has 1 rings (SSSR count). The van der Waals surface area contributed by atoms with Crippen molar-refractivity contribution in [3.63, 3.8) is 0 Å². The number of ether oxygens (including phenoxy) is 1. The van der Waals surface area contributed by atoms with E-state index in [-0.39, 0.29) is 0 Å². The molecule has 0 aliphatic rings. The number of Topliss-reactive ketones (excluding diaryl/α,β-unsaturated/α-hetero) is 1. The minimum absolute atomic E-state index is 0.595. The Morgan fingerprint density at radius 3 is 2.27 bits per heavy atom. The predicted octanol–water partition coefficient (Wildman–Crippen LogP) is 2.02. The van der Waals surface area contributed by atoms with Crippen molar-refractivity contribution in [2.45, 2.75) is 12.3 Å². The average Bonchev–Trinajstić information content (AvgIpc) is 2.27. The van der Waals surface area contributed by atoms with Crippen molar-refractivity contribution in [3.05, 3.63) is 35.4 Å². The second kappa shape index (κ2) is 4.94. The number of methoxy groups -OCH3 is 1. The monoisotopic (exact) mass is 226 g/mol. The number of alkyl halides is 1. The van der Waals surface area contributed by atoms with E-state index >= 15 is 0 Å². The number of esters is 1. The van der Waals surface area contributed by atoms with Gasteiger partial charge in [0.15, 0.2) is 0 Å². The number of rotatable bonds is 3. The summed E-state index contributed by atoms with van der Waals surface area (Å²) in [6.07, 6.45) is 0. The van der Waals surface area contributed by atoms with Crippen LogP contribution in [0.15, 0.2) is 24.3 Å². The highest BCUT2D eigenvalue weighted by molar-refractivity contribution is 6.47. The molecule has 15 heavy (non-hydrogen) atoms. The fraction of sp³-hybridized carbons (Fsp3) is 0.273. The molecule has 3 nitrogen and oxygen atoms in total. The number of aryl methyl sites for hydroxylation is 1. The Morgan fingerprint density at radius 1 is 1.27 bits per heavy atom. The van der Waals surface area contributed by atoms with Crippen LogP contribution in [0.3, 0.4) is 0 Å². The van der Waals surface area contributed by atoms with Crippen molar-refractivity contribution in [1.82, 2.24) is 0 Å². The summed E-state index contributed by atoms with van der Waals surface area (Å²) in [5.74, 6) is -1.67. The van der Waals surface area contributed by atoms with Gasteiger partial charge in [-0.1, -0.05) is 29.8 Å². The van der Waals surface area contributed by atoms with Gasteiger partial charge in [-0.2, -0.15) is 0 Å². The van der Waals surface area contributed by atoms with E-state index in [4.69, 9.17) is 11.6 Å². The Balaban J connectivity index is 2.85. The molecule has 0 saturated heterocycles. The molecule has 4 heteroatoms. The molecule has 0 unspecified atom stereocenters. The molecule has 80 valence electrons. The molecule has 1 aromatic rings. The van der Waals surface area contributed by atoms with Crippen molar-refractivity contribution < 1.29 is 14.3 Å². The largest absolute Gasteiger partial charge is 0.463 e. The Kier molecular flexibility index (Phi) is 3.86. The molecule has 0 heterocycles. The topological polar surface area (TPSA) is 43.4 Å². The first-order chi connectivity index (χ1) is 7.06. The van der Waals surface area contributed by atoms with E-state index in [0.717, 1.165) is 12.7 Å². The first-order valence-electron chi connectivity index (χ1n) is 4.39. The van der Waals surface area contributed by atoms with E-state index in [1.54, 1.807) is 12.1 Å². The van der Waals surface area contributed by atoms with Gasteiger partial charge in [0, 0.05) is 0 Å². The van der Waals surface area contributed by atoms with E-state index in [2.05, 4.69) is 4.74 Å². The quantitative estimate of drug-likeness (QED) is 0.450. The van der Waals surface area contributed by atoms with Gasteiger partial charge in [0.05, 0.1) is 7.11 Å². The molecule has 0 radical (unpaired) electrons. The first kappa shape index (κ1) is 11.7. The minimum Gasteiger partial charge on any atom is -0.463 e. The van der Waals surface area contributed by atoms with Crippen molar-refractivity contribution in [1.29, 1.82) is 0 Å². The number of carbonyl (C=O) groups excluding carboxylic acids is 2. The van der Waals surface area contributed by atoms with Crippen LogP contribution in [0.1, 0.15) is 16.5 Å². The maximum atomic E-state index is 11.4. The zero-order chi connectivity index (χ0) is 11.4. The molecule has 0 fully saturated rings. The summed E-state index contributed by atoms with van der Waals surface area (Å²) in [6.45, 7) is 1.93. The van der Waals surface area contributed by atoms with Crippen molar-refractivity contribution in [3.8, 4) is 0 Å². The maximum Gasteiger partial charge on any atom is 0.376 e. The van der Waals surface area contributed by atoms with E-state index < -0.39 is 17.1 Å². The summed E-state index contributed by atoms with van der Waals surface area (Å²) in [5, 5.41) is -0.974. The SMILES string of the molecule is COC(=O)C(=O)[C@@H](Cl)c1ccc(C)cc1. The van der Waals surface area contributed by atoms with Gasteiger partial charge < -0.3 is 4.74 Å². The van der Waals surface area contributed by atoms with Crippen molar-refractivity contribution in [2.24, 2.45) is 0 Å². The van der Waals surface area contributed by atoms with Gasteiger partial charge in [-0.15, -0.1) is 11.6 Å². The molecular formula is C11H11ClO3. The summed E-state index contributed by atoms with van der Waals surface area (Å²) in [7, 11) is 1.15. The highest BCUT2D eigenvalue weighted by atomic mass is 35.5. The van der Waals surface area contributed by atoms with E-state index in [1.807, 2.05) is 19.1 Å².